The minimum Gasteiger partial charge on any atom is -0.354 e. The summed E-state index contributed by atoms with van der Waals surface area (Å²) in [4.78, 5) is 1.46. The van der Waals surface area contributed by atoms with Gasteiger partial charge in [-0.25, -0.2) is 12.8 Å². The molecule has 0 bridgehead atoms. The van der Waals surface area contributed by atoms with Crippen molar-refractivity contribution < 1.29 is 12.8 Å². The van der Waals surface area contributed by atoms with Crippen LogP contribution in [0.2, 0.25) is 10.0 Å². The largest absolute Gasteiger partial charge is 0.354 e. The third-order valence-electron chi connectivity index (χ3n) is 2.44. The highest BCUT2D eigenvalue weighted by Crippen LogP contribution is 2.38. The van der Waals surface area contributed by atoms with E-state index >= 15 is 0 Å². The maximum Gasteiger partial charge on any atom is 0.245 e. The average Bonchev–Trinajstić information content (AvgIpc) is 2.26. The Labute approximate surface area is 108 Å². The average molecular weight is 299 g/mol. The van der Waals surface area contributed by atoms with Crippen molar-refractivity contribution in [2.75, 3.05) is 24.8 Å². The fourth-order valence-electron chi connectivity index (χ4n) is 1.65. The van der Waals surface area contributed by atoms with Gasteiger partial charge in [0.05, 0.1) is 22.4 Å². The standard InChI is InChI=1S/C9H9Cl2FN2O2S/c10-6-1-2-7-9(8(6)11)17(15,16)13-5-14(7)4-3-12/h1-2,13H,3-5H2. The van der Waals surface area contributed by atoms with Crippen LogP contribution in [0.1, 0.15) is 0 Å². The molecule has 0 radical (unpaired) electrons. The molecule has 0 saturated carbocycles. The summed E-state index contributed by atoms with van der Waals surface area (Å²) in [7, 11) is -3.68. The number of hydrogen-bond donors (Lipinski definition) is 1. The van der Waals surface area contributed by atoms with Crippen LogP contribution in [0.25, 0.3) is 0 Å². The van der Waals surface area contributed by atoms with Crippen molar-refractivity contribution >= 4 is 38.9 Å². The van der Waals surface area contributed by atoms with Crippen LogP contribution >= 0.6 is 23.2 Å². The van der Waals surface area contributed by atoms with E-state index in [0.29, 0.717) is 5.69 Å². The molecule has 0 unspecified atom stereocenters. The molecular weight excluding hydrogens is 290 g/mol. The monoisotopic (exact) mass is 298 g/mol. The van der Waals surface area contributed by atoms with Crippen LogP contribution in [0.15, 0.2) is 17.0 Å². The molecule has 1 aromatic rings. The predicted molar refractivity (Wildman–Crippen MR) is 65.0 cm³/mol. The lowest BCUT2D eigenvalue weighted by Crippen LogP contribution is -2.44. The van der Waals surface area contributed by atoms with Crippen molar-refractivity contribution in [3.8, 4) is 0 Å². The van der Waals surface area contributed by atoms with Gasteiger partial charge in [0.1, 0.15) is 11.6 Å². The number of alkyl halides is 1. The normalized spacial score (nSPS) is 17.9. The molecule has 0 fully saturated rings. The van der Waals surface area contributed by atoms with E-state index in [1.165, 1.54) is 12.1 Å². The smallest absolute Gasteiger partial charge is 0.245 e. The van der Waals surface area contributed by atoms with Gasteiger partial charge in [-0.2, -0.15) is 4.72 Å². The second kappa shape index (κ2) is 4.61. The Morgan fingerprint density at radius 2 is 2.12 bits per heavy atom. The molecule has 0 spiro atoms. The molecule has 0 atom stereocenters. The van der Waals surface area contributed by atoms with Gasteiger partial charge < -0.3 is 4.90 Å². The first-order chi connectivity index (χ1) is 7.97. The van der Waals surface area contributed by atoms with Gasteiger partial charge in [0, 0.05) is 6.54 Å². The van der Waals surface area contributed by atoms with Crippen LogP contribution in [0.4, 0.5) is 10.1 Å². The number of fused-ring (bicyclic) bond motifs is 1. The van der Waals surface area contributed by atoms with Crippen molar-refractivity contribution in [2.24, 2.45) is 0 Å². The third-order valence-corrected chi connectivity index (χ3v) is 4.81. The number of rotatable bonds is 2. The van der Waals surface area contributed by atoms with Crippen LogP contribution in [-0.4, -0.2) is 28.3 Å². The first kappa shape index (κ1) is 12.9. The van der Waals surface area contributed by atoms with E-state index in [-0.39, 0.29) is 28.2 Å². The van der Waals surface area contributed by atoms with E-state index in [4.69, 9.17) is 23.2 Å². The molecule has 1 aliphatic heterocycles. The first-order valence-electron chi connectivity index (χ1n) is 4.76. The summed E-state index contributed by atoms with van der Waals surface area (Å²) < 4.78 is 38.3. The van der Waals surface area contributed by atoms with E-state index in [9.17, 15) is 12.8 Å². The van der Waals surface area contributed by atoms with E-state index in [2.05, 4.69) is 4.72 Å². The van der Waals surface area contributed by atoms with E-state index in [1.807, 2.05) is 0 Å². The molecule has 0 aliphatic carbocycles. The summed E-state index contributed by atoms with van der Waals surface area (Å²) in [6.07, 6.45) is 0. The molecule has 94 valence electrons. The molecule has 4 nitrogen and oxygen atoms in total. The summed E-state index contributed by atoms with van der Waals surface area (Å²) >= 11 is 11.7. The molecule has 0 saturated heterocycles. The van der Waals surface area contributed by atoms with Gasteiger partial charge in [-0.15, -0.1) is 0 Å². The molecule has 1 heterocycles. The van der Waals surface area contributed by atoms with Gasteiger partial charge >= 0.3 is 0 Å². The minimum atomic E-state index is -3.68. The number of nitrogens with zero attached hydrogens (tertiary/aromatic N) is 1. The fraction of sp³-hybridized carbons (Fsp3) is 0.333. The summed E-state index contributed by atoms with van der Waals surface area (Å²) in [6.45, 7) is -0.466. The van der Waals surface area contributed by atoms with E-state index < -0.39 is 16.7 Å². The second-order valence-corrected chi connectivity index (χ2v) is 5.96. The van der Waals surface area contributed by atoms with Gasteiger partial charge in [0.2, 0.25) is 10.0 Å². The molecule has 1 aromatic carbocycles. The van der Waals surface area contributed by atoms with Gasteiger partial charge in [0.15, 0.2) is 0 Å². The van der Waals surface area contributed by atoms with Crippen LogP contribution < -0.4 is 9.62 Å². The maximum absolute atomic E-state index is 12.4. The number of anilines is 1. The zero-order valence-corrected chi connectivity index (χ0v) is 10.9. The predicted octanol–water partition coefficient (Wildman–Crippen LogP) is 2.02. The second-order valence-electron chi connectivity index (χ2n) is 3.47. The lowest BCUT2D eigenvalue weighted by atomic mass is 10.3. The van der Waals surface area contributed by atoms with E-state index in [1.54, 1.807) is 4.90 Å². The molecule has 2 rings (SSSR count). The number of hydrogen-bond acceptors (Lipinski definition) is 3. The summed E-state index contributed by atoms with van der Waals surface area (Å²) in [5.41, 5.74) is 0.371. The topological polar surface area (TPSA) is 49.4 Å². The van der Waals surface area contributed by atoms with Gasteiger partial charge in [-0.1, -0.05) is 23.2 Å². The van der Waals surface area contributed by atoms with Crippen LogP contribution in [-0.2, 0) is 10.0 Å². The van der Waals surface area contributed by atoms with E-state index in [0.717, 1.165) is 0 Å². The number of benzene rings is 1. The maximum atomic E-state index is 12.4. The number of halogens is 3. The number of nitrogens with one attached hydrogen (secondary N) is 1. The molecule has 17 heavy (non-hydrogen) atoms. The summed E-state index contributed by atoms with van der Waals surface area (Å²) in [5.74, 6) is 0. The quantitative estimate of drug-likeness (QED) is 0.909. The minimum absolute atomic E-state index is 0.0250. The third kappa shape index (κ3) is 2.22. The first-order valence-corrected chi connectivity index (χ1v) is 7.00. The van der Waals surface area contributed by atoms with Gasteiger partial charge in [-0.3, -0.25) is 0 Å². The molecule has 0 amide bonds. The van der Waals surface area contributed by atoms with Crippen molar-refractivity contribution in [2.45, 2.75) is 4.90 Å². The highest BCUT2D eigenvalue weighted by atomic mass is 35.5. The Morgan fingerprint density at radius 3 is 2.76 bits per heavy atom. The van der Waals surface area contributed by atoms with Crippen molar-refractivity contribution in [1.29, 1.82) is 0 Å². The van der Waals surface area contributed by atoms with Crippen molar-refractivity contribution in [3.63, 3.8) is 0 Å². The fourth-order valence-corrected chi connectivity index (χ4v) is 3.61. The Hall–Kier alpha value is -0.560. The van der Waals surface area contributed by atoms with Crippen LogP contribution in [0, 0.1) is 0 Å². The van der Waals surface area contributed by atoms with Gasteiger partial charge in [0.25, 0.3) is 0 Å². The summed E-state index contributed by atoms with van der Waals surface area (Å²) in [5, 5.41) is 0.109. The van der Waals surface area contributed by atoms with Crippen LogP contribution in [0.5, 0.6) is 0 Å². The molecule has 0 aromatic heterocycles. The Balaban J connectivity index is 2.64. The zero-order chi connectivity index (χ0) is 12.6. The molecule has 1 aliphatic rings. The molecule has 8 heteroatoms. The molecular formula is C9H9Cl2FN2O2S. The van der Waals surface area contributed by atoms with Crippen molar-refractivity contribution in [1.82, 2.24) is 4.72 Å². The lowest BCUT2D eigenvalue weighted by Gasteiger charge is -2.31. The van der Waals surface area contributed by atoms with Crippen LogP contribution in [0.3, 0.4) is 0 Å². The van der Waals surface area contributed by atoms with Crippen molar-refractivity contribution in [3.05, 3.63) is 22.2 Å². The highest BCUT2D eigenvalue weighted by Gasteiger charge is 2.31. The number of sulfonamides is 1. The lowest BCUT2D eigenvalue weighted by molar-refractivity contribution is 0.483. The SMILES string of the molecule is O=S1(=O)NCN(CCF)c2ccc(Cl)c(Cl)c21. The zero-order valence-electron chi connectivity index (χ0n) is 8.58. The Morgan fingerprint density at radius 1 is 1.41 bits per heavy atom. The Bertz CT molecular complexity index is 550. The Kier molecular flexibility index (Phi) is 3.49. The summed E-state index contributed by atoms with van der Waals surface area (Å²) in [6, 6.07) is 3.02. The van der Waals surface area contributed by atoms with Gasteiger partial charge in [-0.05, 0) is 12.1 Å². The molecule has 1 N–H and O–H groups in total. The highest BCUT2D eigenvalue weighted by molar-refractivity contribution is 7.89.